The number of aromatic nitrogens is 5. The van der Waals surface area contributed by atoms with E-state index in [0.29, 0.717) is 22.1 Å². The number of benzene rings is 2. The van der Waals surface area contributed by atoms with Crippen molar-refractivity contribution in [3.63, 3.8) is 0 Å². The molecule has 0 aliphatic rings. The summed E-state index contributed by atoms with van der Waals surface area (Å²) in [5, 5.41) is 13.4. The number of aryl methyl sites for hydroxylation is 1. The summed E-state index contributed by atoms with van der Waals surface area (Å²) in [7, 11) is 0. The van der Waals surface area contributed by atoms with Crippen LogP contribution in [0.25, 0.3) is 28.0 Å². The number of halogens is 1. The van der Waals surface area contributed by atoms with Gasteiger partial charge in [-0.3, -0.25) is 4.98 Å². The molecule has 0 aliphatic heterocycles. The number of rotatable bonds is 2. The Bertz CT molecular complexity index is 1040. The Balaban J connectivity index is 1.90. The molecule has 4 aromatic rings. The largest absolute Gasteiger partial charge is 0.398 e. The van der Waals surface area contributed by atoms with E-state index < -0.39 is 0 Å². The zero-order valence-corrected chi connectivity index (χ0v) is 13.6. The summed E-state index contributed by atoms with van der Waals surface area (Å²) >= 11 is 6.01. The SMILES string of the molecule is Cc1ccc(-n2nnnc2-c2cnc3cc(Cl)ccc3c2N)cc1. The number of nitrogen functional groups attached to an aromatic ring is 1. The number of fused-ring (bicyclic) bond motifs is 1. The van der Waals surface area contributed by atoms with Crippen LogP contribution < -0.4 is 5.73 Å². The van der Waals surface area contributed by atoms with Crippen molar-refractivity contribution in [2.24, 2.45) is 0 Å². The Labute approximate surface area is 142 Å². The maximum Gasteiger partial charge on any atom is 0.190 e. The van der Waals surface area contributed by atoms with Gasteiger partial charge in [0.25, 0.3) is 0 Å². The van der Waals surface area contributed by atoms with Crippen LogP contribution in [-0.2, 0) is 0 Å². The monoisotopic (exact) mass is 336 g/mol. The molecule has 118 valence electrons. The van der Waals surface area contributed by atoms with Gasteiger partial charge < -0.3 is 5.73 Å². The summed E-state index contributed by atoms with van der Waals surface area (Å²) in [5.41, 5.74) is 10.3. The third-order valence-corrected chi connectivity index (χ3v) is 4.10. The number of pyridine rings is 1. The van der Waals surface area contributed by atoms with Crippen molar-refractivity contribution in [1.82, 2.24) is 25.2 Å². The first-order chi connectivity index (χ1) is 11.6. The molecule has 7 heteroatoms. The summed E-state index contributed by atoms with van der Waals surface area (Å²) in [4.78, 5) is 4.43. The molecule has 0 amide bonds. The molecule has 0 aliphatic carbocycles. The van der Waals surface area contributed by atoms with E-state index in [0.717, 1.165) is 22.2 Å². The molecule has 0 unspecified atom stereocenters. The highest BCUT2D eigenvalue weighted by Crippen LogP contribution is 2.31. The molecule has 2 heterocycles. The average Bonchev–Trinajstić information content (AvgIpc) is 3.05. The van der Waals surface area contributed by atoms with E-state index in [1.165, 1.54) is 0 Å². The molecule has 4 rings (SSSR count). The van der Waals surface area contributed by atoms with Gasteiger partial charge in [0.15, 0.2) is 5.82 Å². The lowest BCUT2D eigenvalue weighted by molar-refractivity contribution is 0.791. The quantitative estimate of drug-likeness (QED) is 0.606. The molecule has 6 nitrogen and oxygen atoms in total. The molecular weight excluding hydrogens is 324 g/mol. The first-order valence-electron chi connectivity index (χ1n) is 7.33. The molecule has 0 atom stereocenters. The lowest BCUT2D eigenvalue weighted by Crippen LogP contribution is -2.02. The third kappa shape index (κ3) is 2.37. The maximum atomic E-state index is 6.34. The van der Waals surface area contributed by atoms with Crippen LogP contribution in [0.1, 0.15) is 5.56 Å². The van der Waals surface area contributed by atoms with Gasteiger partial charge in [0.05, 0.1) is 22.5 Å². The Hall–Kier alpha value is -2.99. The molecule has 0 bridgehead atoms. The van der Waals surface area contributed by atoms with Gasteiger partial charge in [-0.25, -0.2) is 0 Å². The van der Waals surface area contributed by atoms with Crippen molar-refractivity contribution >= 4 is 28.2 Å². The number of hydrogen-bond acceptors (Lipinski definition) is 5. The van der Waals surface area contributed by atoms with E-state index in [2.05, 4.69) is 20.5 Å². The van der Waals surface area contributed by atoms with Crippen molar-refractivity contribution in [3.05, 3.63) is 59.2 Å². The molecule has 2 N–H and O–H groups in total. The van der Waals surface area contributed by atoms with Gasteiger partial charge in [-0.15, -0.1) is 5.10 Å². The average molecular weight is 337 g/mol. The number of nitrogens with zero attached hydrogens (tertiary/aromatic N) is 5. The summed E-state index contributed by atoms with van der Waals surface area (Å²) in [6.07, 6.45) is 1.67. The van der Waals surface area contributed by atoms with Crippen molar-refractivity contribution in [3.8, 4) is 17.1 Å². The van der Waals surface area contributed by atoms with Crippen LogP contribution in [0.4, 0.5) is 5.69 Å². The van der Waals surface area contributed by atoms with Gasteiger partial charge in [-0.2, -0.15) is 4.68 Å². The Kier molecular flexibility index (Phi) is 3.39. The lowest BCUT2D eigenvalue weighted by Gasteiger charge is -2.09. The van der Waals surface area contributed by atoms with Gasteiger partial charge in [0.1, 0.15) is 0 Å². The summed E-state index contributed by atoms with van der Waals surface area (Å²) < 4.78 is 1.65. The van der Waals surface area contributed by atoms with E-state index >= 15 is 0 Å². The molecule has 24 heavy (non-hydrogen) atoms. The van der Waals surface area contributed by atoms with Crippen LogP contribution in [0.5, 0.6) is 0 Å². The summed E-state index contributed by atoms with van der Waals surface area (Å²) in [5.74, 6) is 0.542. The van der Waals surface area contributed by atoms with Crippen molar-refractivity contribution < 1.29 is 0 Å². The number of nitrogens with two attached hydrogens (primary N) is 1. The second-order valence-electron chi connectivity index (χ2n) is 5.50. The van der Waals surface area contributed by atoms with E-state index in [9.17, 15) is 0 Å². The fraction of sp³-hybridized carbons (Fsp3) is 0.0588. The molecule has 0 saturated heterocycles. The van der Waals surface area contributed by atoms with E-state index in [1.54, 1.807) is 23.0 Å². The predicted molar refractivity (Wildman–Crippen MR) is 94.1 cm³/mol. The molecule has 2 aromatic heterocycles. The molecule has 2 aromatic carbocycles. The Morgan fingerprint density at radius 1 is 1.08 bits per heavy atom. The second-order valence-corrected chi connectivity index (χ2v) is 5.93. The zero-order chi connectivity index (χ0) is 16.7. The van der Waals surface area contributed by atoms with Crippen LogP contribution in [0.2, 0.25) is 5.02 Å². The smallest absolute Gasteiger partial charge is 0.190 e. The summed E-state index contributed by atoms with van der Waals surface area (Å²) in [6, 6.07) is 13.3. The van der Waals surface area contributed by atoms with Crippen LogP contribution in [-0.4, -0.2) is 25.2 Å². The van der Waals surface area contributed by atoms with E-state index in [1.807, 2.05) is 37.3 Å². The standard InChI is InChI=1S/C17H13ClN6/c1-10-2-5-12(6-3-10)24-17(21-22-23-24)14-9-20-15-8-11(18)4-7-13(15)16(14)19/h2-9H,1H3,(H2,19,20). The fourth-order valence-corrected chi connectivity index (χ4v) is 2.75. The van der Waals surface area contributed by atoms with E-state index in [-0.39, 0.29) is 0 Å². The molecular formula is C17H13ClN6. The highest BCUT2D eigenvalue weighted by molar-refractivity contribution is 6.31. The Morgan fingerprint density at radius 2 is 1.88 bits per heavy atom. The van der Waals surface area contributed by atoms with E-state index in [4.69, 9.17) is 17.3 Å². The zero-order valence-electron chi connectivity index (χ0n) is 12.8. The van der Waals surface area contributed by atoms with Crippen molar-refractivity contribution in [1.29, 1.82) is 0 Å². The minimum atomic E-state index is 0.542. The van der Waals surface area contributed by atoms with Crippen molar-refractivity contribution in [2.45, 2.75) is 6.92 Å². The third-order valence-electron chi connectivity index (χ3n) is 3.86. The highest BCUT2D eigenvalue weighted by atomic mass is 35.5. The van der Waals surface area contributed by atoms with Gasteiger partial charge in [-0.05, 0) is 47.7 Å². The van der Waals surface area contributed by atoms with Crippen LogP contribution >= 0.6 is 11.6 Å². The fourth-order valence-electron chi connectivity index (χ4n) is 2.58. The van der Waals surface area contributed by atoms with Crippen LogP contribution in [0.15, 0.2) is 48.7 Å². The highest BCUT2D eigenvalue weighted by Gasteiger charge is 2.16. The number of anilines is 1. The van der Waals surface area contributed by atoms with Gasteiger partial charge in [0.2, 0.25) is 0 Å². The minimum Gasteiger partial charge on any atom is -0.398 e. The van der Waals surface area contributed by atoms with Gasteiger partial charge in [-0.1, -0.05) is 29.3 Å². The normalized spacial score (nSPS) is 11.1. The molecule has 0 radical (unpaired) electrons. The first kappa shape index (κ1) is 14.6. The van der Waals surface area contributed by atoms with Crippen LogP contribution in [0.3, 0.4) is 0 Å². The molecule has 0 spiro atoms. The molecule has 0 fully saturated rings. The maximum absolute atomic E-state index is 6.34. The van der Waals surface area contributed by atoms with Gasteiger partial charge in [0, 0.05) is 16.6 Å². The minimum absolute atomic E-state index is 0.542. The second kappa shape index (κ2) is 5.58. The first-order valence-corrected chi connectivity index (χ1v) is 7.71. The topological polar surface area (TPSA) is 82.5 Å². The van der Waals surface area contributed by atoms with Gasteiger partial charge >= 0.3 is 0 Å². The number of hydrogen-bond donors (Lipinski definition) is 1. The van der Waals surface area contributed by atoms with Crippen molar-refractivity contribution in [2.75, 3.05) is 5.73 Å². The molecule has 0 saturated carbocycles. The Morgan fingerprint density at radius 3 is 2.67 bits per heavy atom. The lowest BCUT2D eigenvalue weighted by atomic mass is 10.1. The predicted octanol–water partition coefficient (Wildman–Crippen LogP) is 3.42. The van der Waals surface area contributed by atoms with Crippen LogP contribution in [0, 0.1) is 6.92 Å². The number of tetrazole rings is 1. The summed E-state index contributed by atoms with van der Waals surface area (Å²) in [6.45, 7) is 2.03.